The van der Waals surface area contributed by atoms with Gasteiger partial charge in [0.15, 0.2) is 0 Å². The monoisotopic (exact) mass is 393 g/mol. The van der Waals surface area contributed by atoms with Crippen LogP contribution in [0.3, 0.4) is 0 Å². The van der Waals surface area contributed by atoms with Gasteiger partial charge < -0.3 is 10.6 Å². The lowest BCUT2D eigenvalue weighted by atomic mass is 9.99. The SMILES string of the molecule is C=N/C(=C\C=C(/C)C1=CCN(Cc2cnc3c(c2)NC(=O)[C@H]3C)CC1)C(=O)NC. The quantitative estimate of drug-likeness (QED) is 0.442. The summed E-state index contributed by atoms with van der Waals surface area (Å²) in [5.74, 6) is -0.414. The summed E-state index contributed by atoms with van der Waals surface area (Å²) in [6.45, 7) is 9.92. The van der Waals surface area contributed by atoms with Crippen LogP contribution in [0, 0.1) is 0 Å². The van der Waals surface area contributed by atoms with Crippen molar-refractivity contribution in [2.75, 3.05) is 25.5 Å². The second-order valence-corrected chi connectivity index (χ2v) is 7.34. The van der Waals surface area contributed by atoms with Crippen LogP contribution in [-0.4, -0.2) is 48.6 Å². The van der Waals surface area contributed by atoms with E-state index < -0.39 is 0 Å². The number of carbonyl (C=O) groups excluding carboxylic acids is 2. The first kappa shape index (κ1) is 20.7. The Morgan fingerprint density at radius 3 is 2.93 bits per heavy atom. The second-order valence-electron chi connectivity index (χ2n) is 7.34. The molecule has 29 heavy (non-hydrogen) atoms. The van der Waals surface area contributed by atoms with Crippen molar-refractivity contribution in [3.8, 4) is 0 Å². The summed E-state index contributed by atoms with van der Waals surface area (Å²) in [5.41, 5.74) is 5.45. The molecule has 1 aromatic heterocycles. The number of hydrogen-bond donors (Lipinski definition) is 2. The van der Waals surface area contributed by atoms with Crippen molar-refractivity contribution in [1.82, 2.24) is 15.2 Å². The molecule has 0 aromatic carbocycles. The summed E-state index contributed by atoms with van der Waals surface area (Å²) in [6, 6.07) is 2.03. The lowest BCUT2D eigenvalue weighted by Crippen LogP contribution is -2.28. The van der Waals surface area contributed by atoms with E-state index in [1.54, 1.807) is 13.1 Å². The Balaban J connectivity index is 1.62. The number of fused-ring (bicyclic) bond motifs is 1. The summed E-state index contributed by atoms with van der Waals surface area (Å²) in [5, 5.41) is 5.45. The number of nitrogens with one attached hydrogen (secondary N) is 2. The number of amides is 2. The number of aromatic nitrogens is 1. The Bertz CT molecular complexity index is 929. The van der Waals surface area contributed by atoms with E-state index in [0.717, 1.165) is 48.6 Å². The van der Waals surface area contributed by atoms with Crippen LogP contribution in [0.2, 0.25) is 0 Å². The van der Waals surface area contributed by atoms with Crippen LogP contribution in [0.15, 0.2) is 52.3 Å². The molecule has 0 unspecified atom stereocenters. The van der Waals surface area contributed by atoms with Crippen molar-refractivity contribution in [2.24, 2.45) is 4.99 Å². The number of likely N-dealkylation sites (N-methyl/N-ethyl adjacent to an activating group) is 1. The maximum absolute atomic E-state index is 11.8. The summed E-state index contributed by atoms with van der Waals surface area (Å²) < 4.78 is 0. The fourth-order valence-electron chi connectivity index (χ4n) is 3.53. The molecule has 152 valence electrons. The fraction of sp³-hybridized carbons (Fsp3) is 0.364. The number of hydrogen-bond acceptors (Lipinski definition) is 5. The van der Waals surface area contributed by atoms with E-state index >= 15 is 0 Å². The van der Waals surface area contributed by atoms with Crippen molar-refractivity contribution in [3.63, 3.8) is 0 Å². The average molecular weight is 393 g/mol. The van der Waals surface area contributed by atoms with Crippen molar-refractivity contribution >= 4 is 24.2 Å². The topological polar surface area (TPSA) is 86.7 Å². The molecular formula is C22H27N5O2. The van der Waals surface area contributed by atoms with Crippen molar-refractivity contribution in [3.05, 3.63) is 58.6 Å². The van der Waals surface area contributed by atoms with Gasteiger partial charge in [0.25, 0.3) is 5.91 Å². The normalized spacial score (nSPS) is 20.0. The molecule has 7 heteroatoms. The van der Waals surface area contributed by atoms with Crippen molar-refractivity contribution < 1.29 is 9.59 Å². The lowest BCUT2D eigenvalue weighted by molar-refractivity contribution is -0.117. The number of pyridine rings is 1. The van der Waals surface area contributed by atoms with E-state index in [2.05, 4.69) is 38.3 Å². The predicted molar refractivity (Wildman–Crippen MR) is 115 cm³/mol. The molecule has 3 rings (SSSR count). The van der Waals surface area contributed by atoms with Crippen molar-refractivity contribution in [1.29, 1.82) is 0 Å². The highest BCUT2D eigenvalue weighted by Gasteiger charge is 2.28. The predicted octanol–water partition coefficient (Wildman–Crippen LogP) is 2.55. The Labute approximate surface area is 171 Å². The van der Waals surface area contributed by atoms with Crippen LogP contribution < -0.4 is 10.6 Å². The molecule has 0 radical (unpaired) electrons. The highest BCUT2D eigenvalue weighted by molar-refractivity contribution is 6.01. The minimum atomic E-state index is -0.249. The van der Waals surface area contributed by atoms with Crippen LogP contribution in [0.1, 0.15) is 37.4 Å². The molecular weight excluding hydrogens is 366 g/mol. The van der Waals surface area contributed by atoms with Crippen LogP contribution in [0.5, 0.6) is 0 Å². The van der Waals surface area contributed by atoms with Crippen LogP contribution in [0.25, 0.3) is 0 Å². The minimum Gasteiger partial charge on any atom is -0.354 e. The Morgan fingerprint density at radius 2 is 2.28 bits per heavy atom. The van der Waals surface area contributed by atoms with Gasteiger partial charge in [-0.15, -0.1) is 0 Å². The van der Waals surface area contributed by atoms with E-state index in [-0.39, 0.29) is 17.7 Å². The average Bonchev–Trinajstić information content (AvgIpc) is 3.01. The second kappa shape index (κ2) is 8.96. The largest absolute Gasteiger partial charge is 0.354 e. The van der Waals surface area contributed by atoms with Crippen LogP contribution in [0.4, 0.5) is 5.69 Å². The lowest BCUT2D eigenvalue weighted by Gasteiger charge is -2.26. The Kier molecular flexibility index (Phi) is 6.39. The molecule has 2 N–H and O–H groups in total. The maximum atomic E-state index is 11.8. The third-order valence-electron chi connectivity index (χ3n) is 5.36. The van der Waals surface area contributed by atoms with Crippen LogP contribution >= 0.6 is 0 Å². The van der Waals surface area contributed by atoms with Gasteiger partial charge >= 0.3 is 0 Å². The van der Waals surface area contributed by atoms with E-state index in [1.807, 2.05) is 32.2 Å². The zero-order valence-electron chi connectivity index (χ0n) is 17.2. The molecule has 0 fully saturated rings. The third kappa shape index (κ3) is 4.68. The fourth-order valence-corrected chi connectivity index (χ4v) is 3.53. The molecule has 3 heterocycles. The molecule has 2 amide bonds. The number of anilines is 1. The Hall–Kier alpha value is -3.06. The maximum Gasteiger partial charge on any atom is 0.269 e. The smallest absolute Gasteiger partial charge is 0.269 e. The summed E-state index contributed by atoms with van der Waals surface area (Å²) >= 11 is 0. The molecule has 2 aliphatic rings. The molecule has 1 atom stereocenters. The molecule has 1 aromatic rings. The van der Waals surface area contributed by atoms with E-state index in [0.29, 0.717) is 5.70 Å². The minimum absolute atomic E-state index is 0.0118. The van der Waals surface area contributed by atoms with Crippen LogP contribution in [-0.2, 0) is 16.1 Å². The summed E-state index contributed by atoms with van der Waals surface area (Å²) in [4.78, 5) is 34.0. The number of carbonyl (C=O) groups is 2. The van der Waals surface area contributed by atoms with Gasteiger partial charge in [0, 0.05) is 32.9 Å². The highest BCUT2D eigenvalue weighted by atomic mass is 16.2. The van der Waals surface area contributed by atoms with Gasteiger partial charge in [-0.1, -0.05) is 12.2 Å². The zero-order chi connectivity index (χ0) is 21.0. The van der Waals surface area contributed by atoms with E-state index in [4.69, 9.17) is 0 Å². The Morgan fingerprint density at radius 1 is 1.48 bits per heavy atom. The van der Waals surface area contributed by atoms with Gasteiger partial charge in [-0.3, -0.25) is 24.5 Å². The van der Waals surface area contributed by atoms with E-state index in [1.165, 1.54) is 5.57 Å². The zero-order valence-corrected chi connectivity index (χ0v) is 17.2. The summed E-state index contributed by atoms with van der Waals surface area (Å²) in [6.07, 6.45) is 8.62. The first-order valence-corrected chi connectivity index (χ1v) is 9.71. The first-order chi connectivity index (χ1) is 13.9. The molecule has 7 nitrogen and oxygen atoms in total. The van der Waals surface area contributed by atoms with Gasteiger partial charge in [0.2, 0.25) is 5.91 Å². The van der Waals surface area contributed by atoms with Gasteiger partial charge in [-0.25, -0.2) is 0 Å². The number of nitrogens with zero attached hydrogens (tertiary/aromatic N) is 3. The van der Waals surface area contributed by atoms with Crippen molar-refractivity contribution in [2.45, 2.75) is 32.7 Å². The molecule has 0 spiro atoms. The van der Waals surface area contributed by atoms with Gasteiger partial charge in [0.05, 0.1) is 17.3 Å². The van der Waals surface area contributed by atoms with Gasteiger partial charge in [-0.05, 0) is 55.8 Å². The molecule has 0 bridgehead atoms. The van der Waals surface area contributed by atoms with E-state index in [9.17, 15) is 9.59 Å². The number of allylic oxidation sites excluding steroid dienone is 3. The van der Waals surface area contributed by atoms with Gasteiger partial charge in [-0.2, -0.15) is 0 Å². The number of rotatable bonds is 6. The highest BCUT2D eigenvalue weighted by Crippen LogP contribution is 2.31. The summed E-state index contributed by atoms with van der Waals surface area (Å²) in [7, 11) is 1.57. The number of aliphatic imine (C=N–C) groups is 1. The first-order valence-electron chi connectivity index (χ1n) is 9.71. The molecule has 0 saturated carbocycles. The standard InChI is InChI=1S/C22H27N5O2/c1-14(5-6-18(23-3)22(29)24-4)17-7-9-27(10-8-17)13-16-11-19-20(25-12-16)15(2)21(28)26-19/h5-7,11-12,15H,3,8-10,13H2,1-2,4H3,(H,24,29)(H,26,28)/b14-5+,18-6-/t15-/m0/s1. The van der Waals surface area contributed by atoms with Gasteiger partial charge in [0.1, 0.15) is 5.70 Å². The third-order valence-corrected chi connectivity index (χ3v) is 5.36. The molecule has 0 aliphatic carbocycles. The molecule has 2 aliphatic heterocycles. The molecule has 0 saturated heterocycles.